The van der Waals surface area contributed by atoms with Crippen molar-refractivity contribution in [3.05, 3.63) is 65.2 Å². The molecular weight excluding hydrogens is 260 g/mol. The molecule has 3 heteroatoms. The number of nitrogens with one attached hydrogen (secondary N) is 1. The fourth-order valence-electron chi connectivity index (χ4n) is 3.11. The van der Waals surface area contributed by atoms with Gasteiger partial charge in [0.25, 0.3) is 0 Å². The number of nitrogens with zero attached hydrogens (tertiary/aromatic N) is 1. The van der Waals surface area contributed by atoms with Gasteiger partial charge in [-0.3, -0.25) is 0 Å². The summed E-state index contributed by atoms with van der Waals surface area (Å²) in [5, 5.41) is 13.3. The van der Waals surface area contributed by atoms with Gasteiger partial charge in [-0.25, -0.2) is 0 Å². The molecular formula is C18H22N2O. The zero-order valence-electron chi connectivity index (χ0n) is 12.4. The largest absolute Gasteiger partial charge is 0.387 e. The molecule has 0 saturated heterocycles. The van der Waals surface area contributed by atoms with Crippen molar-refractivity contribution in [1.29, 1.82) is 0 Å². The van der Waals surface area contributed by atoms with Crippen LogP contribution in [0.2, 0.25) is 0 Å². The molecule has 2 N–H and O–H groups in total. The first kappa shape index (κ1) is 14.1. The van der Waals surface area contributed by atoms with Crippen LogP contribution in [-0.2, 0) is 13.0 Å². The molecule has 2 aromatic rings. The van der Waals surface area contributed by atoms with E-state index in [4.69, 9.17) is 0 Å². The quantitative estimate of drug-likeness (QED) is 0.884. The zero-order chi connectivity index (χ0) is 14.7. The maximum Gasteiger partial charge on any atom is 0.0917 e. The van der Waals surface area contributed by atoms with Gasteiger partial charge in [0.2, 0.25) is 0 Å². The first-order chi connectivity index (χ1) is 10.3. The second-order valence-corrected chi connectivity index (χ2v) is 5.58. The van der Waals surface area contributed by atoms with Crippen LogP contribution in [0.25, 0.3) is 0 Å². The Kier molecular flexibility index (Phi) is 4.23. The van der Waals surface area contributed by atoms with Gasteiger partial charge >= 0.3 is 0 Å². The lowest BCUT2D eigenvalue weighted by molar-refractivity contribution is 0.177. The van der Waals surface area contributed by atoms with Crippen LogP contribution in [0.4, 0.5) is 5.69 Å². The van der Waals surface area contributed by atoms with E-state index in [1.165, 1.54) is 16.8 Å². The third-order valence-electron chi connectivity index (χ3n) is 4.13. The minimum absolute atomic E-state index is 0.429. The van der Waals surface area contributed by atoms with Crippen LogP contribution in [0.3, 0.4) is 0 Å². The summed E-state index contributed by atoms with van der Waals surface area (Å²) in [5.74, 6) is 0. The molecule has 1 heterocycles. The van der Waals surface area contributed by atoms with Gasteiger partial charge in [-0.2, -0.15) is 0 Å². The molecule has 0 aliphatic carbocycles. The maximum atomic E-state index is 10.3. The van der Waals surface area contributed by atoms with Gasteiger partial charge in [0, 0.05) is 25.3 Å². The topological polar surface area (TPSA) is 35.5 Å². The molecule has 110 valence electrons. The van der Waals surface area contributed by atoms with Crippen LogP contribution in [0.5, 0.6) is 0 Å². The van der Waals surface area contributed by atoms with E-state index in [1.807, 2.05) is 19.2 Å². The molecule has 1 atom stereocenters. The SMILES string of the molecule is CNCC(O)c1cccc2c1CCN2Cc1ccccc1. The smallest absolute Gasteiger partial charge is 0.0917 e. The van der Waals surface area contributed by atoms with Crippen LogP contribution in [0, 0.1) is 0 Å². The zero-order valence-corrected chi connectivity index (χ0v) is 12.4. The standard InChI is InChI=1S/C18H22N2O/c1-19-12-18(21)16-8-5-9-17-15(16)10-11-20(17)13-14-6-3-2-4-7-14/h2-9,18-19,21H,10-13H2,1H3. The summed E-state index contributed by atoms with van der Waals surface area (Å²) in [6.07, 6.45) is 0.584. The van der Waals surface area contributed by atoms with Crippen molar-refractivity contribution < 1.29 is 5.11 Å². The Balaban J connectivity index is 1.84. The number of aliphatic hydroxyl groups is 1. The summed E-state index contributed by atoms with van der Waals surface area (Å²) >= 11 is 0. The van der Waals surface area contributed by atoms with Gasteiger partial charge < -0.3 is 15.3 Å². The number of likely N-dealkylation sites (N-methyl/N-ethyl adjacent to an activating group) is 1. The molecule has 1 unspecified atom stereocenters. The molecule has 0 amide bonds. The maximum absolute atomic E-state index is 10.3. The van der Waals surface area contributed by atoms with Crippen LogP contribution in [0.15, 0.2) is 48.5 Å². The fourth-order valence-corrected chi connectivity index (χ4v) is 3.11. The summed E-state index contributed by atoms with van der Waals surface area (Å²) < 4.78 is 0. The van der Waals surface area contributed by atoms with Gasteiger partial charge in [-0.15, -0.1) is 0 Å². The minimum atomic E-state index is -0.429. The minimum Gasteiger partial charge on any atom is -0.387 e. The molecule has 3 rings (SSSR count). The Morgan fingerprint density at radius 3 is 2.71 bits per heavy atom. The molecule has 0 bridgehead atoms. The Bertz CT molecular complexity index is 597. The molecule has 1 aliphatic heterocycles. The Hall–Kier alpha value is -1.84. The molecule has 0 fully saturated rings. The highest BCUT2D eigenvalue weighted by molar-refractivity contribution is 5.61. The summed E-state index contributed by atoms with van der Waals surface area (Å²) in [6, 6.07) is 16.8. The number of benzene rings is 2. The van der Waals surface area contributed by atoms with E-state index in [-0.39, 0.29) is 0 Å². The van der Waals surface area contributed by atoms with Crippen molar-refractivity contribution in [2.24, 2.45) is 0 Å². The summed E-state index contributed by atoms with van der Waals surface area (Å²) in [6.45, 7) is 2.54. The van der Waals surface area contributed by atoms with E-state index in [0.717, 1.165) is 25.1 Å². The van der Waals surface area contributed by atoms with Gasteiger partial charge in [0.05, 0.1) is 6.10 Å². The first-order valence-corrected chi connectivity index (χ1v) is 7.53. The number of anilines is 1. The molecule has 1 aliphatic rings. The van der Waals surface area contributed by atoms with E-state index in [1.54, 1.807) is 0 Å². The highest BCUT2D eigenvalue weighted by atomic mass is 16.3. The summed E-state index contributed by atoms with van der Waals surface area (Å²) in [7, 11) is 1.87. The fraction of sp³-hybridized carbons (Fsp3) is 0.333. The Labute approximate surface area is 126 Å². The lowest BCUT2D eigenvalue weighted by Gasteiger charge is -2.21. The highest BCUT2D eigenvalue weighted by Gasteiger charge is 2.23. The molecule has 21 heavy (non-hydrogen) atoms. The Morgan fingerprint density at radius 2 is 1.95 bits per heavy atom. The summed E-state index contributed by atoms with van der Waals surface area (Å²) in [4.78, 5) is 2.40. The summed E-state index contributed by atoms with van der Waals surface area (Å²) in [5.41, 5.74) is 4.96. The van der Waals surface area contributed by atoms with Crippen molar-refractivity contribution in [2.45, 2.75) is 19.1 Å². The average Bonchev–Trinajstić information content (AvgIpc) is 2.92. The van der Waals surface area contributed by atoms with Crippen LogP contribution >= 0.6 is 0 Å². The molecule has 3 nitrogen and oxygen atoms in total. The second kappa shape index (κ2) is 6.29. The number of rotatable bonds is 5. The van der Waals surface area contributed by atoms with Crippen LogP contribution in [0.1, 0.15) is 22.8 Å². The van der Waals surface area contributed by atoms with Crippen molar-refractivity contribution in [2.75, 3.05) is 25.0 Å². The number of hydrogen-bond donors (Lipinski definition) is 2. The van der Waals surface area contributed by atoms with Crippen molar-refractivity contribution in [3.63, 3.8) is 0 Å². The molecule has 0 radical (unpaired) electrons. The van der Waals surface area contributed by atoms with Crippen LogP contribution < -0.4 is 10.2 Å². The normalized spacial score (nSPS) is 15.0. The lowest BCUT2D eigenvalue weighted by atomic mass is 10.00. The lowest BCUT2D eigenvalue weighted by Crippen LogP contribution is -2.19. The first-order valence-electron chi connectivity index (χ1n) is 7.53. The molecule has 0 saturated carbocycles. The molecule has 0 spiro atoms. The molecule has 2 aromatic carbocycles. The molecule has 0 aromatic heterocycles. The van der Waals surface area contributed by atoms with E-state index < -0.39 is 6.10 Å². The predicted molar refractivity (Wildman–Crippen MR) is 86.5 cm³/mol. The van der Waals surface area contributed by atoms with Gasteiger partial charge in [0.15, 0.2) is 0 Å². The number of hydrogen-bond acceptors (Lipinski definition) is 3. The van der Waals surface area contributed by atoms with Crippen LogP contribution in [-0.4, -0.2) is 25.2 Å². The predicted octanol–water partition coefficient (Wildman–Crippen LogP) is 2.50. The number of aliphatic hydroxyl groups excluding tert-OH is 1. The third kappa shape index (κ3) is 2.94. The number of fused-ring (bicyclic) bond motifs is 1. The second-order valence-electron chi connectivity index (χ2n) is 5.58. The monoisotopic (exact) mass is 282 g/mol. The van der Waals surface area contributed by atoms with Gasteiger partial charge in [-0.1, -0.05) is 42.5 Å². The van der Waals surface area contributed by atoms with Crippen molar-refractivity contribution in [3.8, 4) is 0 Å². The van der Waals surface area contributed by atoms with E-state index in [2.05, 4.69) is 46.6 Å². The average molecular weight is 282 g/mol. The van der Waals surface area contributed by atoms with Crippen molar-refractivity contribution in [1.82, 2.24) is 5.32 Å². The third-order valence-corrected chi connectivity index (χ3v) is 4.13. The van der Waals surface area contributed by atoms with E-state index >= 15 is 0 Å². The Morgan fingerprint density at radius 1 is 1.14 bits per heavy atom. The van der Waals surface area contributed by atoms with E-state index in [9.17, 15) is 5.11 Å². The van der Waals surface area contributed by atoms with Gasteiger partial charge in [0.1, 0.15) is 0 Å². The van der Waals surface area contributed by atoms with Gasteiger partial charge in [-0.05, 0) is 36.2 Å². The van der Waals surface area contributed by atoms with E-state index in [0.29, 0.717) is 6.54 Å². The highest BCUT2D eigenvalue weighted by Crippen LogP contribution is 2.34. The van der Waals surface area contributed by atoms with Crippen molar-refractivity contribution >= 4 is 5.69 Å².